The zero-order valence-corrected chi connectivity index (χ0v) is 15.3. The van der Waals surface area contributed by atoms with Gasteiger partial charge in [0, 0.05) is 10.7 Å². The highest BCUT2D eigenvalue weighted by atomic mass is 35.5. The van der Waals surface area contributed by atoms with Crippen LogP contribution in [0.5, 0.6) is 5.75 Å². The van der Waals surface area contributed by atoms with E-state index in [0.717, 1.165) is 17.7 Å². The van der Waals surface area contributed by atoms with Crippen LogP contribution in [0.4, 0.5) is 5.69 Å². The molecule has 0 aliphatic carbocycles. The second-order valence-electron chi connectivity index (χ2n) is 5.68. The van der Waals surface area contributed by atoms with Crippen LogP contribution in [0.1, 0.15) is 10.4 Å². The van der Waals surface area contributed by atoms with Gasteiger partial charge in [-0.15, -0.1) is 0 Å². The van der Waals surface area contributed by atoms with E-state index in [2.05, 4.69) is 4.72 Å². The molecule has 0 heterocycles. The number of sulfonamides is 1. The van der Waals surface area contributed by atoms with Crippen LogP contribution in [0.25, 0.3) is 11.1 Å². The van der Waals surface area contributed by atoms with Crippen LogP contribution in [-0.2, 0) is 10.0 Å². The lowest BCUT2D eigenvalue weighted by atomic mass is 10.1. The predicted molar refractivity (Wildman–Crippen MR) is 103 cm³/mol. The summed E-state index contributed by atoms with van der Waals surface area (Å²) in [5.74, 6) is -1.81. The number of aromatic hydroxyl groups is 1. The third kappa shape index (κ3) is 4.21. The van der Waals surface area contributed by atoms with Gasteiger partial charge in [0.1, 0.15) is 11.3 Å². The lowest BCUT2D eigenvalue weighted by Crippen LogP contribution is -2.13. The molecule has 0 radical (unpaired) electrons. The minimum atomic E-state index is -3.96. The zero-order valence-electron chi connectivity index (χ0n) is 13.8. The number of rotatable bonds is 5. The first-order chi connectivity index (χ1) is 12.8. The van der Waals surface area contributed by atoms with Crippen LogP contribution in [0.3, 0.4) is 0 Å². The Kier molecular flexibility index (Phi) is 5.07. The molecule has 0 aliphatic heterocycles. The molecule has 0 saturated carbocycles. The van der Waals surface area contributed by atoms with Gasteiger partial charge in [0.15, 0.2) is 0 Å². The van der Waals surface area contributed by atoms with Gasteiger partial charge in [-0.1, -0.05) is 35.9 Å². The van der Waals surface area contributed by atoms with E-state index in [0.29, 0.717) is 10.6 Å². The lowest BCUT2D eigenvalue weighted by Gasteiger charge is -2.11. The van der Waals surface area contributed by atoms with Crippen LogP contribution in [0.15, 0.2) is 71.6 Å². The van der Waals surface area contributed by atoms with Crippen molar-refractivity contribution in [2.75, 3.05) is 4.72 Å². The molecule has 0 atom stereocenters. The Hall–Kier alpha value is -3.03. The van der Waals surface area contributed by atoms with Gasteiger partial charge in [0.2, 0.25) is 0 Å². The summed E-state index contributed by atoms with van der Waals surface area (Å²) in [6.45, 7) is 0. The Labute approximate surface area is 160 Å². The summed E-state index contributed by atoms with van der Waals surface area (Å²) in [4.78, 5) is 11.1. The summed E-state index contributed by atoms with van der Waals surface area (Å²) in [7, 11) is -3.96. The minimum Gasteiger partial charge on any atom is -0.507 e. The Morgan fingerprint density at radius 3 is 2.30 bits per heavy atom. The van der Waals surface area contributed by atoms with Gasteiger partial charge in [-0.25, -0.2) is 13.2 Å². The normalized spacial score (nSPS) is 11.1. The fourth-order valence-corrected chi connectivity index (χ4v) is 3.69. The monoisotopic (exact) mass is 403 g/mol. The Morgan fingerprint density at radius 2 is 1.63 bits per heavy atom. The van der Waals surface area contributed by atoms with E-state index in [4.69, 9.17) is 16.7 Å². The maximum absolute atomic E-state index is 12.7. The average Bonchev–Trinajstić information content (AvgIpc) is 2.63. The smallest absolute Gasteiger partial charge is 0.339 e. The Morgan fingerprint density at radius 1 is 0.926 bits per heavy atom. The van der Waals surface area contributed by atoms with Crippen LogP contribution < -0.4 is 4.72 Å². The molecule has 138 valence electrons. The minimum absolute atomic E-state index is 0.0138. The average molecular weight is 404 g/mol. The first kappa shape index (κ1) is 18.8. The van der Waals surface area contributed by atoms with Crippen molar-refractivity contribution >= 4 is 33.3 Å². The topological polar surface area (TPSA) is 104 Å². The zero-order chi connectivity index (χ0) is 19.6. The Bertz CT molecular complexity index is 1110. The molecule has 3 N–H and O–H groups in total. The number of carboxylic acids is 1. The van der Waals surface area contributed by atoms with E-state index in [1.165, 1.54) is 18.2 Å². The van der Waals surface area contributed by atoms with Gasteiger partial charge in [0.05, 0.1) is 4.90 Å². The van der Waals surface area contributed by atoms with E-state index < -0.39 is 27.3 Å². The van der Waals surface area contributed by atoms with E-state index in [9.17, 15) is 18.3 Å². The maximum Gasteiger partial charge on any atom is 0.339 e. The largest absolute Gasteiger partial charge is 0.507 e. The molecule has 0 saturated heterocycles. The van der Waals surface area contributed by atoms with Crippen molar-refractivity contribution < 1.29 is 23.4 Å². The van der Waals surface area contributed by atoms with Crippen LogP contribution in [0.2, 0.25) is 5.02 Å². The molecule has 0 aliphatic rings. The predicted octanol–water partition coefficient (Wildman–Crippen LogP) is 4.21. The van der Waals surface area contributed by atoms with Gasteiger partial charge >= 0.3 is 5.97 Å². The highest BCUT2D eigenvalue weighted by Crippen LogP contribution is 2.27. The number of nitrogens with one attached hydrogen (secondary N) is 1. The summed E-state index contributed by atoms with van der Waals surface area (Å²) in [5, 5.41) is 19.2. The second-order valence-corrected chi connectivity index (χ2v) is 7.80. The molecule has 3 aromatic carbocycles. The standard InChI is InChI=1S/C19H14ClNO5S/c20-14-6-4-12(5-7-14)13-2-1-3-16(10-13)27(25,26)21-15-8-9-18(22)17(11-15)19(23)24/h1-11,21-22H,(H,23,24). The Balaban J connectivity index is 1.94. The molecule has 0 fully saturated rings. The highest BCUT2D eigenvalue weighted by Gasteiger charge is 2.17. The van der Waals surface area contributed by atoms with Crippen molar-refractivity contribution in [3.63, 3.8) is 0 Å². The van der Waals surface area contributed by atoms with Crippen molar-refractivity contribution in [1.82, 2.24) is 0 Å². The number of aromatic carboxylic acids is 1. The van der Waals surface area contributed by atoms with E-state index in [1.807, 2.05) is 0 Å². The third-order valence-electron chi connectivity index (χ3n) is 3.80. The SMILES string of the molecule is O=C(O)c1cc(NS(=O)(=O)c2cccc(-c3ccc(Cl)cc3)c2)ccc1O. The molecule has 3 rings (SSSR count). The molecule has 0 spiro atoms. The van der Waals surface area contributed by atoms with Crippen LogP contribution in [0, 0.1) is 0 Å². The quantitative estimate of drug-likeness (QED) is 0.553. The second kappa shape index (κ2) is 7.30. The summed E-state index contributed by atoms with van der Waals surface area (Å²) >= 11 is 5.87. The summed E-state index contributed by atoms with van der Waals surface area (Å²) in [5.41, 5.74) is 1.12. The van der Waals surface area contributed by atoms with Gasteiger partial charge in [0.25, 0.3) is 10.0 Å². The van der Waals surface area contributed by atoms with Crippen LogP contribution in [-0.4, -0.2) is 24.6 Å². The fraction of sp³-hybridized carbons (Fsp3) is 0. The number of hydrogen-bond donors (Lipinski definition) is 3. The van der Waals surface area contributed by atoms with Crippen molar-refractivity contribution in [1.29, 1.82) is 0 Å². The summed E-state index contributed by atoms with van der Waals surface area (Å²) < 4.78 is 27.6. The highest BCUT2D eigenvalue weighted by molar-refractivity contribution is 7.92. The molecule has 0 unspecified atom stereocenters. The number of phenols is 1. The lowest BCUT2D eigenvalue weighted by molar-refractivity contribution is 0.0693. The van der Waals surface area contributed by atoms with Gasteiger partial charge in [-0.3, -0.25) is 4.72 Å². The van der Waals surface area contributed by atoms with Crippen molar-refractivity contribution in [2.45, 2.75) is 4.90 Å². The molecule has 0 aromatic heterocycles. The van der Waals surface area contributed by atoms with Crippen molar-refractivity contribution in [2.24, 2.45) is 0 Å². The van der Waals surface area contributed by atoms with E-state index >= 15 is 0 Å². The third-order valence-corrected chi connectivity index (χ3v) is 5.43. The molecule has 27 heavy (non-hydrogen) atoms. The van der Waals surface area contributed by atoms with E-state index in [-0.39, 0.29) is 10.6 Å². The number of hydrogen-bond acceptors (Lipinski definition) is 4. The number of carbonyl (C=O) groups is 1. The van der Waals surface area contributed by atoms with Gasteiger partial charge in [-0.2, -0.15) is 0 Å². The molecular formula is C19H14ClNO5S. The van der Waals surface area contributed by atoms with Crippen molar-refractivity contribution in [3.05, 3.63) is 77.3 Å². The summed E-state index contributed by atoms with van der Waals surface area (Å²) in [6.07, 6.45) is 0. The summed E-state index contributed by atoms with van der Waals surface area (Å²) in [6, 6.07) is 16.7. The number of anilines is 1. The molecule has 0 bridgehead atoms. The fourth-order valence-electron chi connectivity index (χ4n) is 2.47. The van der Waals surface area contributed by atoms with Crippen molar-refractivity contribution in [3.8, 4) is 16.9 Å². The number of halogens is 1. The molecule has 0 amide bonds. The van der Waals surface area contributed by atoms with Gasteiger partial charge < -0.3 is 10.2 Å². The number of benzene rings is 3. The first-order valence-corrected chi connectivity index (χ1v) is 9.57. The van der Waals surface area contributed by atoms with Crippen LogP contribution >= 0.6 is 11.6 Å². The molecule has 6 nitrogen and oxygen atoms in total. The molecule has 3 aromatic rings. The maximum atomic E-state index is 12.7. The van der Waals surface area contributed by atoms with Gasteiger partial charge in [-0.05, 0) is 53.6 Å². The van der Waals surface area contributed by atoms with E-state index in [1.54, 1.807) is 36.4 Å². The number of carboxylic acid groups (broad SMARTS) is 1. The molecular weight excluding hydrogens is 390 g/mol. The first-order valence-electron chi connectivity index (χ1n) is 7.71. The molecule has 8 heteroatoms.